The summed E-state index contributed by atoms with van der Waals surface area (Å²) in [4.78, 5) is 29.4. The predicted octanol–water partition coefficient (Wildman–Crippen LogP) is 2.86. The number of carbonyl (C=O) groups excluding carboxylic acids is 2. The first kappa shape index (κ1) is 24.7. The van der Waals surface area contributed by atoms with Crippen molar-refractivity contribution in [1.29, 1.82) is 0 Å². The maximum absolute atomic E-state index is 12.7. The van der Waals surface area contributed by atoms with Crippen molar-refractivity contribution in [3.8, 4) is 0 Å². The number of nitrogens with zero attached hydrogens (tertiary/aromatic N) is 4. The van der Waals surface area contributed by atoms with Gasteiger partial charge in [0.25, 0.3) is 0 Å². The van der Waals surface area contributed by atoms with Crippen LogP contribution in [0.1, 0.15) is 33.6 Å². The number of aryl methyl sites for hydroxylation is 2. The van der Waals surface area contributed by atoms with Crippen molar-refractivity contribution in [2.24, 2.45) is 0 Å². The molecule has 1 fully saturated rings. The van der Waals surface area contributed by atoms with Gasteiger partial charge in [0.15, 0.2) is 0 Å². The Hall–Kier alpha value is -3.45. The quantitative estimate of drug-likeness (QED) is 0.546. The zero-order valence-electron chi connectivity index (χ0n) is 21.0. The summed E-state index contributed by atoms with van der Waals surface area (Å²) in [6.45, 7) is 10.3. The van der Waals surface area contributed by atoms with Gasteiger partial charge >= 0.3 is 0 Å². The molecule has 7 heteroatoms. The van der Waals surface area contributed by atoms with Crippen LogP contribution in [0.3, 0.4) is 0 Å². The lowest BCUT2D eigenvalue weighted by molar-refractivity contribution is -0.132. The normalized spacial score (nSPS) is 14.2. The van der Waals surface area contributed by atoms with Crippen molar-refractivity contribution in [2.45, 2.75) is 40.3 Å². The first-order valence-corrected chi connectivity index (χ1v) is 12.3. The second-order valence-electron chi connectivity index (χ2n) is 9.33. The van der Waals surface area contributed by atoms with Crippen LogP contribution in [0.15, 0.2) is 54.6 Å². The lowest BCUT2D eigenvalue weighted by atomic mass is 10.1. The fourth-order valence-electron chi connectivity index (χ4n) is 4.58. The van der Waals surface area contributed by atoms with Crippen LogP contribution in [0.5, 0.6) is 0 Å². The summed E-state index contributed by atoms with van der Waals surface area (Å²) in [5, 5.41) is 7.74. The molecule has 4 rings (SSSR count). The van der Waals surface area contributed by atoms with Crippen LogP contribution in [-0.4, -0.2) is 64.1 Å². The third-order valence-corrected chi connectivity index (χ3v) is 6.86. The molecule has 3 aromatic rings. The van der Waals surface area contributed by atoms with E-state index in [1.807, 2.05) is 65.9 Å². The molecule has 2 heterocycles. The molecule has 0 spiro atoms. The van der Waals surface area contributed by atoms with Gasteiger partial charge in [-0.3, -0.25) is 19.2 Å². The summed E-state index contributed by atoms with van der Waals surface area (Å²) in [7, 11) is 0. The average molecular weight is 474 g/mol. The number of rotatable bonds is 8. The Morgan fingerprint density at radius 1 is 0.914 bits per heavy atom. The maximum atomic E-state index is 12.7. The summed E-state index contributed by atoms with van der Waals surface area (Å²) in [6, 6.07) is 18.3. The lowest BCUT2D eigenvalue weighted by Crippen LogP contribution is -2.51. The molecular formula is C28H35N5O2. The number of aromatic nitrogens is 2. The van der Waals surface area contributed by atoms with Crippen LogP contribution >= 0.6 is 0 Å². The molecule has 184 valence electrons. The molecule has 1 saturated heterocycles. The fourth-order valence-corrected chi connectivity index (χ4v) is 4.58. The van der Waals surface area contributed by atoms with E-state index in [1.165, 1.54) is 5.56 Å². The molecule has 2 aromatic carbocycles. The van der Waals surface area contributed by atoms with E-state index in [0.717, 1.165) is 28.1 Å². The summed E-state index contributed by atoms with van der Waals surface area (Å²) in [6.07, 6.45) is 0.434. The van der Waals surface area contributed by atoms with Crippen molar-refractivity contribution in [3.63, 3.8) is 0 Å². The molecule has 0 saturated carbocycles. The van der Waals surface area contributed by atoms with Crippen molar-refractivity contribution in [2.75, 3.05) is 32.7 Å². The standard InChI is InChI=1S/C28H35N5O2/c1-21-9-7-8-12-25(21)17-28(35)32-15-13-31(14-16-32)20-27(34)29-18-26-22(2)30-33(23(26)3)19-24-10-5-4-6-11-24/h4-12H,13-20H2,1-3H3,(H,29,34). The molecule has 0 radical (unpaired) electrons. The number of nitrogens with one attached hydrogen (secondary N) is 1. The first-order chi connectivity index (χ1) is 16.9. The van der Waals surface area contributed by atoms with E-state index in [2.05, 4.69) is 34.4 Å². The zero-order chi connectivity index (χ0) is 24.8. The predicted molar refractivity (Wildman–Crippen MR) is 137 cm³/mol. The van der Waals surface area contributed by atoms with Crippen LogP contribution in [0.4, 0.5) is 0 Å². The number of hydrogen-bond donors (Lipinski definition) is 1. The van der Waals surface area contributed by atoms with Gasteiger partial charge in [-0.15, -0.1) is 0 Å². The molecule has 1 aliphatic rings. The molecule has 0 atom stereocenters. The van der Waals surface area contributed by atoms with Gasteiger partial charge in [0, 0.05) is 44.0 Å². The highest BCUT2D eigenvalue weighted by molar-refractivity contribution is 5.80. The van der Waals surface area contributed by atoms with Crippen LogP contribution in [-0.2, 0) is 29.1 Å². The minimum absolute atomic E-state index is 0.000652. The van der Waals surface area contributed by atoms with E-state index in [9.17, 15) is 9.59 Å². The number of carbonyl (C=O) groups is 2. The monoisotopic (exact) mass is 473 g/mol. The third kappa shape index (κ3) is 6.36. The third-order valence-electron chi connectivity index (χ3n) is 6.86. The number of benzene rings is 2. The first-order valence-electron chi connectivity index (χ1n) is 12.3. The van der Waals surface area contributed by atoms with Crippen molar-refractivity contribution in [1.82, 2.24) is 24.9 Å². The zero-order valence-corrected chi connectivity index (χ0v) is 21.0. The van der Waals surface area contributed by atoms with E-state index in [-0.39, 0.29) is 11.8 Å². The van der Waals surface area contributed by atoms with Crippen molar-refractivity contribution >= 4 is 11.8 Å². The molecule has 1 aromatic heterocycles. The SMILES string of the molecule is Cc1ccccc1CC(=O)N1CCN(CC(=O)NCc2c(C)nn(Cc3ccccc3)c2C)CC1. The highest BCUT2D eigenvalue weighted by Crippen LogP contribution is 2.15. The Bertz CT molecular complexity index is 1160. The molecule has 35 heavy (non-hydrogen) atoms. The molecule has 7 nitrogen and oxygen atoms in total. The fraction of sp³-hybridized carbons (Fsp3) is 0.393. The molecule has 1 N–H and O–H groups in total. The Kier molecular flexibility index (Phi) is 7.98. The molecule has 0 unspecified atom stereocenters. The van der Waals surface area contributed by atoms with Crippen molar-refractivity contribution < 1.29 is 9.59 Å². The number of piperazine rings is 1. The maximum Gasteiger partial charge on any atom is 0.234 e. The lowest BCUT2D eigenvalue weighted by Gasteiger charge is -2.34. The average Bonchev–Trinajstić information content (AvgIpc) is 3.12. The van der Waals surface area contributed by atoms with Gasteiger partial charge in [-0.25, -0.2) is 0 Å². The highest BCUT2D eigenvalue weighted by atomic mass is 16.2. The topological polar surface area (TPSA) is 70.5 Å². The van der Waals surface area contributed by atoms with Gasteiger partial charge < -0.3 is 10.2 Å². The van der Waals surface area contributed by atoms with Crippen LogP contribution in [0, 0.1) is 20.8 Å². The van der Waals surface area contributed by atoms with E-state index in [0.29, 0.717) is 52.2 Å². The summed E-state index contributed by atoms with van der Waals surface area (Å²) < 4.78 is 2.00. The van der Waals surface area contributed by atoms with Gasteiger partial charge in [0.1, 0.15) is 0 Å². The van der Waals surface area contributed by atoms with Crippen LogP contribution in [0.2, 0.25) is 0 Å². The van der Waals surface area contributed by atoms with Gasteiger partial charge in [-0.05, 0) is 37.5 Å². The number of amides is 2. The second kappa shape index (κ2) is 11.3. The van der Waals surface area contributed by atoms with Crippen LogP contribution in [0.25, 0.3) is 0 Å². The Labute approximate surface area is 207 Å². The molecular weight excluding hydrogens is 438 g/mol. The summed E-state index contributed by atoms with van der Waals surface area (Å²) in [5.41, 5.74) is 6.52. The Morgan fingerprint density at radius 2 is 1.60 bits per heavy atom. The largest absolute Gasteiger partial charge is 0.351 e. The smallest absolute Gasteiger partial charge is 0.234 e. The van der Waals surface area contributed by atoms with Gasteiger partial charge in [0.2, 0.25) is 11.8 Å². The van der Waals surface area contributed by atoms with Gasteiger partial charge in [-0.1, -0.05) is 54.6 Å². The van der Waals surface area contributed by atoms with Gasteiger partial charge in [-0.2, -0.15) is 5.10 Å². The summed E-state index contributed by atoms with van der Waals surface area (Å²) in [5.74, 6) is 0.154. The summed E-state index contributed by atoms with van der Waals surface area (Å²) >= 11 is 0. The minimum Gasteiger partial charge on any atom is -0.351 e. The van der Waals surface area contributed by atoms with E-state index in [4.69, 9.17) is 0 Å². The second-order valence-corrected chi connectivity index (χ2v) is 9.33. The Balaban J connectivity index is 1.23. The number of hydrogen-bond acceptors (Lipinski definition) is 4. The van der Waals surface area contributed by atoms with Crippen molar-refractivity contribution in [3.05, 3.63) is 88.2 Å². The molecule has 0 bridgehead atoms. The minimum atomic E-state index is -0.000652. The molecule has 0 aliphatic carbocycles. The molecule has 1 aliphatic heterocycles. The Morgan fingerprint density at radius 3 is 2.31 bits per heavy atom. The molecule has 2 amide bonds. The van der Waals surface area contributed by atoms with E-state index in [1.54, 1.807) is 0 Å². The highest BCUT2D eigenvalue weighted by Gasteiger charge is 2.23. The van der Waals surface area contributed by atoms with E-state index < -0.39 is 0 Å². The van der Waals surface area contributed by atoms with Gasteiger partial charge in [0.05, 0.1) is 25.2 Å². The van der Waals surface area contributed by atoms with E-state index >= 15 is 0 Å². The van der Waals surface area contributed by atoms with Crippen LogP contribution < -0.4 is 5.32 Å².